The molecule has 0 saturated carbocycles. The van der Waals surface area contributed by atoms with E-state index in [1.165, 1.54) is 18.2 Å². The van der Waals surface area contributed by atoms with Gasteiger partial charge in [-0.3, -0.25) is 4.79 Å². The number of hydrogen-bond acceptors (Lipinski definition) is 3. The van der Waals surface area contributed by atoms with Crippen LogP contribution in [0.2, 0.25) is 5.02 Å². The van der Waals surface area contributed by atoms with Crippen LogP contribution < -0.4 is 10.1 Å². The van der Waals surface area contributed by atoms with E-state index in [4.69, 9.17) is 16.3 Å². The van der Waals surface area contributed by atoms with Crippen LogP contribution in [0.3, 0.4) is 0 Å². The van der Waals surface area contributed by atoms with E-state index >= 15 is 0 Å². The van der Waals surface area contributed by atoms with E-state index in [0.717, 1.165) is 0 Å². The van der Waals surface area contributed by atoms with Crippen LogP contribution >= 0.6 is 11.6 Å². The highest BCUT2D eigenvalue weighted by Gasteiger charge is 2.10. The Balaban J connectivity index is 2.31. The summed E-state index contributed by atoms with van der Waals surface area (Å²) in [5.74, 6) is -0.220. The lowest BCUT2D eigenvalue weighted by atomic mass is 10.1. The second-order valence-electron chi connectivity index (χ2n) is 4.95. The highest BCUT2D eigenvalue weighted by atomic mass is 35.5. The van der Waals surface area contributed by atoms with E-state index in [1.54, 1.807) is 0 Å². The summed E-state index contributed by atoms with van der Waals surface area (Å²) in [7, 11) is 0. The Morgan fingerprint density at radius 2 is 2.20 bits per heavy atom. The fraction of sp³-hybridized carbons (Fsp3) is 0.500. The van der Waals surface area contributed by atoms with Gasteiger partial charge in [-0.1, -0.05) is 25.4 Å². The maximum Gasteiger partial charge on any atom is 0.258 e. The van der Waals surface area contributed by atoms with Crippen LogP contribution in [0.5, 0.6) is 5.75 Å². The van der Waals surface area contributed by atoms with Crippen molar-refractivity contribution in [3.8, 4) is 5.75 Å². The molecule has 1 atom stereocenters. The van der Waals surface area contributed by atoms with Gasteiger partial charge in [-0.2, -0.15) is 0 Å². The normalized spacial score (nSPS) is 12.3. The SMILES string of the molecule is CC(C)CC(O)CNC(=O)COc1ccc(F)c(Cl)c1. The molecular weight excluding hydrogens is 285 g/mol. The lowest BCUT2D eigenvalue weighted by Crippen LogP contribution is -2.35. The van der Waals surface area contributed by atoms with Crippen molar-refractivity contribution in [2.75, 3.05) is 13.2 Å². The maximum atomic E-state index is 12.9. The first-order valence-electron chi connectivity index (χ1n) is 6.41. The zero-order valence-electron chi connectivity index (χ0n) is 11.5. The van der Waals surface area contributed by atoms with E-state index in [9.17, 15) is 14.3 Å². The fourth-order valence-corrected chi connectivity index (χ4v) is 1.80. The van der Waals surface area contributed by atoms with Gasteiger partial charge in [0, 0.05) is 12.6 Å². The first-order valence-corrected chi connectivity index (χ1v) is 6.79. The first-order chi connectivity index (χ1) is 9.38. The predicted octanol–water partition coefficient (Wildman–Crippen LogP) is 2.38. The Hall–Kier alpha value is -1.33. The number of amides is 1. The summed E-state index contributed by atoms with van der Waals surface area (Å²) in [5, 5.41) is 12.1. The second-order valence-corrected chi connectivity index (χ2v) is 5.36. The lowest BCUT2D eigenvalue weighted by Gasteiger charge is -2.14. The highest BCUT2D eigenvalue weighted by Crippen LogP contribution is 2.20. The van der Waals surface area contributed by atoms with Crippen LogP contribution in [0.15, 0.2) is 18.2 Å². The first kappa shape index (κ1) is 16.7. The van der Waals surface area contributed by atoms with E-state index in [0.29, 0.717) is 18.1 Å². The standard InChI is InChI=1S/C14H19ClFNO3/c1-9(2)5-10(18)7-17-14(19)8-20-11-3-4-13(16)12(15)6-11/h3-4,6,9-10,18H,5,7-8H2,1-2H3,(H,17,19). The van der Waals surface area contributed by atoms with Crippen molar-refractivity contribution in [2.24, 2.45) is 5.92 Å². The van der Waals surface area contributed by atoms with E-state index in [2.05, 4.69) is 5.32 Å². The van der Waals surface area contributed by atoms with Gasteiger partial charge in [-0.25, -0.2) is 4.39 Å². The molecule has 0 spiro atoms. The minimum Gasteiger partial charge on any atom is -0.484 e. The van der Waals surface area contributed by atoms with Crippen LogP contribution in [0.25, 0.3) is 0 Å². The van der Waals surface area contributed by atoms with Crippen molar-refractivity contribution < 1.29 is 19.0 Å². The number of hydrogen-bond donors (Lipinski definition) is 2. The summed E-state index contributed by atoms with van der Waals surface area (Å²) in [6, 6.07) is 3.86. The molecule has 0 aliphatic rings. The molecule has 0 saturated heterocycles. The zero-order valence-corrected chi connectivity index (χ0v) is 12.3. The Morgan fingerprint density at radius 3 is 2.80 bits per heavy atom. The smallest absolute Gasteiger partial charge is 0.258 e. The average Bonchev–Trinajstić information content (AvgIpc) is 2.37. The summed E-state index contributed by atoms with van der Waals surface area (Å²) >= 11 is 5.59. The number of ether oxygens (including phenoxy) is 1. The Labute approximate surface area is 122 Å². The molecule has 0 heterocycles. The average molecular weight is 304 g/mol. The zero-order chi connectivity index (χ0) is 15.1. The summed E-state index contributed by atoms with van der Waals surface area (Å²) in [6.45, 7) is 3.96. The van der Waals surface area contributed by atoms with E-state index < -0.39 is 11.9 Å². The predicted molar refractivity (Wildman–Crippen MR) is 75.4 cm³/mol. The van der Waals surface area contributed by atoms with Gasteiger partial charge in [0.1, 0.15) is 11.6 Å². The number of carbonyl (C=O) groups excluding carboxylic acids is 1. The van der Waals surface area contributed by atoms with E-state index in [1.807, 2.05) is 13.8 Å². The number of halogens is 2. The number of nitrogens with one attached hydrogen (secondary N) is 1. The molecule has 1 unspecified atom stereocenters. The van der Waals surface area contributed by atoms with Crippen LogP contribution in [-0.2, 0) is 4.79 Å². The van der Waals surface area contributed by atoms with Gasteiger partial charge in [0.15, 0.2) is 6.61 Å². The molecule has 20 heavy (non-hydrogen) atoms. The Kier molecular flexibility index (Phi) is 6.75. The van der Waals surface area contributed by atoms with Crippen molar-refractivity contribution >= 4 is 17.5 Å². The fourth-order valence-electron chi connectivity index (χ4n) is 1.63. The van der Waals surface area contributed by atoms with Gasteiger partial charge in [-0.05, 0) is 24.5 Å². The third-order valence-corrected chi connectivity index (χ3v) is 2.83. The van der Waals surface area contributed by atoms with Crippen molar-refractivity contribution in [2.45, 2.75) is 26.4 Å². The van der Waals surface area contributed by atoms with Crippen LogP contribution in [0.1, 0.15) is 20.3 Å². The molecule has 1 aromatic carbocycles. The molecule has 0 radical (unpaired) electrons. The van der Waals surface area contributed by atoms with Gasteiger partial charge in [0.25, 0.3) is 5.91 Å². The number of rotatable bonds is 7. The molecule has 6 heteroatoms. The van der Waals surface area contributed by atoms with Crippen molar-refractivity contribution in [1.29, 1.82) is 0 Å². The van der Waals surface area contributed by atoms with E-state index in [-0.39, 0.29) is 24.1 Å². The molecule has 1 amide bonds. The summed E-state index contributed by atoms with van der Waals surface area (Å²) < 4.78 is 18.1. The summed E-state index contributed by atoms with van der Waals surface area (Å²) in [6.07, 6.45) is 0.0496. The Morgan fingerprint density at radius 1 is 1.50 bits per heavy atom. The molecule has 0 fully saturated rings. The van der Waals surface area contributed by atoms with Crippen LogP contribution in [0.4, 0.5) is 4.39 Å². The van der Waals surface area contributed by atoms with Crippen molar-refractivity contribution in [3.05, 3.63) is 29.0 Å². The molecule has 0 aromatic heterocycles. The van der Waals surface area contributed by atoms with Gasteiger partial charge in [0.05, 0.1) is 11.1 Å². The van der Waals surface area contributed by atoms with Crippen LogP contribution in [-0.4, -0.2) is 30.3 Å². The maximum absolute atomic E-state index is 12.9. The number of benzene rings is 1. The largest absolute Gasteiger partial charge is 0.484 e. The minimum atomic E-state index is -0.570. The third-order valence-electron chi connectivity index (χ3n) is 2.54. The second kappa shape index (κ2) is 8.07. The molecule has 0 bridgehead atoms. The number of aliphatic hydroxyl groups is 1. The molecule has 0 aliphatic heterocycles. The molecule has 4 nitrogen and oxygen atoms in total. The van der Waals surface area contributed by atoms with Crippen molar-refractivity contribution in [3.63, 3.8) is 0 Å². The molecule has 112 valence electrons. The van der Waals surface area contributed by atoms with Gasteiger partial charge < -0.3 is 15.2 Å². The third kappa shape index (κ3) is 6.21. The molecule has 0 aliphatic carbocycles. The molecule has 2 N–H and O–H groups in total. The summed E-state index contributed by atoms with van der Waals surface area (Å²) in [4.78, 5) is 11.5. The molecule has 1 aromatic rings. The van der Waals surface area contributed by atoms with Gasteiger partial charge >= 0.3 is 0 Å². The highest BCUT2D eigenvalue weighted by molar-refractivity contribution is 6.30. The lowest BCUT2D eigenvalue weighted by molar-refractivity contribution is -0.123. The van der Waals surface area contributed by atoms with Gasteiger partial charge in [-0.15, -0.1) is 0 Å². The minimum absolute atomic E-state index is 0.0599. The number of carbonyl (C=O) groups is 1. The monoisotopic (exact) mass is 303 g/mol. The molecule has 1 rings (SSSR count). The summed E-state index contributed by atoms with van der Waals surface area (Å²) in [5.41, 5.74) is 0. The van der Waals surface area contributed by atoms with Gasteiger partial charge in [0.2, 0.25) is 0 Å². The quantitative estimate of drug-likeness (QED) is 0.813. The Bertz CT molecular complexity index is 454. The van der Waals surface area contributed by atoms with Crippen molar-refractivity contribution in [1.82, 2.24) is 5.32 Å². The number of aliphatic hydroxyl groups excluding tert-OH is 1. The molecular formula is C14H19ClFNO3. The van der Waals surface area contributed by atoms with Crippen LogP contribution in [0, 0.1) is 11.7 Å². The topological polar surface area (TPSA) is 58.6 Å².